The van der Waals surface area contributed by atoms with Crippen molar-refractivity contribution in [3.05, 3.63) is 81.1 Å². The molecule has 1 fully saturated rings. The molecule has 1 unspecified atom stereocenters. The molecule has 38 heavy (non-hydrogen) atoms. The third-order valence-electron chi connectivity index (χ3n) is 6.24. The number of halogens is 2. The molecule has 0 aliphatic carbocycles. The summed E-state index contributed by atoms with van der Waals surface area (Å²) in [6, 6.07) is 9.69. The van der Waals surface area contributed by atoms with E-state index < -0.39 is 29.4 Å². The van der Waals surface area contributed by atoms with Gasteiger partial charge in [-0.3, -0.25) is 14.5 Å². The van der Waals surface area contributed by atoms with Gasteiger partial charge in [-0.05, 0) is 48.1 Å². The number of fused-ring (bicyclic) bond motifs is 1. The fourth-order valence-corrected chi connectivity index (χ4v) is 6.28. The van der Waals surface area contributed by atoms with Gasteiger partial charge < -0.3 is 9.84 Å². The van der Waals surface area contributed by atoms with Crippen molar-refractivity contribution >= 4 is 55.5 Å². The first-order valence-electron chi connectivity index (χ1n) is 11.9. The van der Waals surface area contributed by atoms with Crippen molar-refractivity contribution in [2.45, 2.75) is 39.2 Å². The highest BCUT2D eigenvalue weighted by Gasteiger charge is 2.48. The number of ether oxygens (including phenoxy) is 1. The third-order valence-corrected chi connectivity index (χ3v) is 8.19. The van der Waals surface area contributed by atoms with Crippen LogP contribution in [0.5, 0.6) is 5.75 Å². The molecule has 196 valence electrons. The molecule has 0 saturated carbocycles. The van der Waals surface area contributed by atoms with Crippen LogP contribution in [-0.4, -0.2) is 28.4 Å². The Bertz CT molecular complexity index is 1560. The number of aliphatic hydroxyl groups excluding tert-OH is 1. The molecule has 2 aromatic heterocycles. The fraction of sp³-hybridized carbons (Fsp3) is 0.250. The van der Waals surface area contributed by atoms with E-state index in [-0.39, 0.29) is 27.4 Å². The second-order valence-corrected chi connectivity index (χ2v) is 11.8. The van der Waals surface area contributed by atoms with Crippen LogP contribution in [-0.2, 0) is 15.0 Å². The molecule has 0 bridgehead atoms. The molecule has 5 rings (SSSR count). The number of hydrogen-bond donors (Lipinski definition) is 1. The number of thiazole rings is 1. The molecular formula is C28H24F2N2O4S2. The summed E-state index contributed by atoms with van der Waals surface area (Å²) in [5.41, 5.74) is 0.952. The number of thiophene rings is 1. The molecule has 1 aliphatic rings. The molecule has 10 heteroatoms. The molecule has 2 aromatic carbocycles. The van der Waals surface area contributed by atoms with E-state index in [0.29, 0.717) is 27.5 Å². The van der Waals surface area contributed by atoms with Crippen molar-refractivity contribution < 1.29 is 28.2 Å². The largest absolute Gasteiger partial charge is 0.507 e. The first-order valence-corrected chi connectivity index (χ1v) is 13.6. The zero-order chi connectivity index (χ0) is 27.4. The van der Waals surface area contributed by atoms with Gasteiger partial charge in [-0.2, -0.15) is 0 Å². The smallest absolute Gasteiger partial charge is 0.301 e. The average Bonchev–Trinajstić information content (AvgIpc) is 3.58. The predicted molar refractivity (Wildman–Crippen MR) is 145 cm³/mol. The van der Waals surface area contributed by atoms with Crippen LogP contribution in [0, 0.1) is 11.6 Å². The summed E-state index contributed by atoms with van der Waals surface area (Å²) in [7, 11) is 0. The van der Waals surface area contributed by atoms with Crippen LogP contribution in [0.2, 0.25) is 0 Å². The molecule has 4 aromatic rings. The second kappa shape index (κ2) is 9.59. The quantitative estimate of drug-likeness (QED) is 0.164. The zero-order valence-corrected chi connectivity index (χ0v) is 22.7. The van der Waals surface area contributed by atoms with Crippen molar-refractivity contribution in [2.24, 2.45) is 0 Å². The van der Waals surface area contributed by atoms with Crippen LogP contribution in [0.4, 0.5) is 13.9 Å². The van der Waals surface area contributed by atoms with E-state index in [1.807, 2.05) is 27.7 Å². The Balaban J connectivity index is 1.69. The lowest BCUT2D eigenvalue weighted by Gasteiger charge is -2.24. The van der Waals surface area contributed by atoms with Crippen molar-refractivity contribution in [3.63, 3.8) is 0 Å². The van der Waals surface area contributed by atoms with E-state index in [1.165, 1.54) is 16.2 Å². The molecule has 1 aliphatic heterocycles. The summed E-state index contributed by atoms with van der Waals surface area (Å²) in [5.74, 6) is -3.50. The Morgan fingerprint density at radius 2 is 1.87 bits per heavy atom. The molecule has 6 nitrogen and oxygen atoms in total. The molecular weight excluding hydrogens is 530 g/mol. The zero-order valence-electron chi connectivity index (χ0n) is 21.0. The highest BCUT2D eigenvalue weighted by atomic mass is 32.1. The van der Waals surface area contributed by atoms with Crippen molar-refractivity contribution in [3.8, 4) is 5.75 Å². The SMILES string of the molecule is CCOc1ccc(/C(O)=C2\C(=O)C(=O)N(c3nc4cc(F)c(F)cc4s3)C2c2cccs2)cc1C(C)(C)C. The molecule has 0 radical (unpaired) electrons. The number of Topliss-reactive ketones (excluding diaryl/α,β-unsaturated/α-hetero) is 1. The van der Waals surface area contributed by atoms with Gasteiger partial charge in [0.25, 0.3) is 5.78 Å². The number of anilines is 1. The van der Waals surface area contributed by atoms with Crippen LogP contribution in [0.3, 0.4) is 0 Å². The number of amides is 1. The van der Waals surface area contributed by atoms with Crippen LogP contribution < -0.4 is 9.64 Å². The lowest BCUT2D eigenvalue weighted by Crippen LogP contribution is -2.28. The first-order chi connectivity index (χ1) is 18.0. The molecule has 1 atom stereocenters. The van der Waals surface area contributed by atoms with Gasteiger partial charge in [0.15, 0.2) is 16.8 Å². The van der Waals surface area contributed by atoms with Crippen molar-refractivity contribution in [1.82, 2.24) is 4.98 Å². The predicted octanol–water partition coefficient (Wildman–Crippen LogP) is 6.96. The lowest BCUT2D eigenvalue weighted by atomic mass is 9.84. The number of carbonyl (C=O) groups excluding carboxylic acids is 2. The molecule has 3 heterocycles. The molecule has 0 spiro atoms. The monoisotopic (exact) mass is 554 g/mol. The second-order valence-electron chi connectivity index (χ2n) is 9.81. The minimum atomic E-state index is -1.06. The fourth-order valence-electron chi connectivity index (χ4n) is 4.46. The third kappa shape index (κ3) is 4.37. The summed E-state index contributed by atoms with van der Waals surface area (Å²) in [6.07, 6.45) is 0. The van der Waals surface area contributed by atoms with Crippen molar-refractivity contribution in [1.29, 1.82) is 0 Å². The summed E-state index contributed by atoms with van der Waals surface area (Å²) >= 11 is 2.28. The maximum absolute atomic E-state index is 13.8. The average molecular weight is 555 g/mol. The normalized spacial score (nSPS) is 17.5. The molecule has 1 saturated heterocycles. The van der Waals surface area contributed by atoms with E-state index in [2.05, 4.69) is 4.98 Å². The summed E-state index contributed by atoms with van der Waals surface area (Å²) < 4.78 is 33.8. The topological polar surface area (TPSA) is 79.7 Å². The van der Waals surface area contributed by atoms with Gasteiger partial charge in [0.05, 0.1) is 22.4 Å². The highest BCUT2D eigenvalue weighted by Crippen LogP contribution is 2.46. The molecule has 1 amide bonds. The maximum Gasteiger partial charge on any atom is 0.301 e. The van der Waals surface area contributed by atoms with Crippen LogP contribution in [0.1, 0.15) is 49.7 Å². The van der Waals surface area contributed by atoms with E-state index in [0.717, 1.165) is 29.0 Å². The number of aliphatic hydroxyl groups is 1. The Morgan fingerprint density at radius 1 is 1.13 bits per heavy atom. The lowest BCUT2D eigenvalue weighted by molar-refractivity contribution is -0.132. The number of carbonyl (C=O) groups is 2. The van der Waals surface area contributed by atoms with Crippen molar-refractivity contribution in [2.75, 3.05) is 11.5 Å². The van der Waals surface area contributed by atoms with Gasteiger partial charge in [-0.25, -0.2) is 13.8 Å². The number of nitrogens with zero attached hydrogens (tertiary/aromatic N) is 2. The number of rotatable bonds is 5. The van der Waals surface area contributed by atoms with Gasteiger partial charge in [0.2, 0.25) is 0 Å². The van der Waals surface area contributed by atoms with E-state index in [9.17, 15) is 23.5 Å². The number of benzene rings is 2. The number of hydrogen-bond acceptors (Lipinski definition) is 7. The van der Waals surface area contributed by atoms with E-state index >= 15 is 0 Å². The minimum Gasteiger partial charge on any atom is -0.507 e. The molecule has 1 N–H and O–H groups in total. The summed E-state index contributed by atoms with van der Waals surface area (Å²) in [6.45, 7) is 8.38. The first kappa shape index (κ1) is 26.0. The Hall–Kier alpha value is -3.63. The minimum absolute atomic E-state index is 0.0851. The van der Waals surface area contributed by atoms with Gasteiger partial charge in [-0.15, -0.1) is 11.3 Å². The van der Waals surface area contributed by atoms with Gasteiger partial charge in [0.1, 0.15) is 17.6 Å². The van der Waals surface area contributed by atoms with Crippen LogP contribution >= 0.6 is 22.7 Å². The Morgan fingerprint density at radius 3 is 2.53 bits per heavy atom. The van der Waals surface area contributed by atoms with Gasteiger partial charge in [-0.1, -0.05) is 38.2 Å². The Labute approximate surface area is 225 Å². The number of aromatic nitrogens is 1. The Kier molecular flexibility index (Phi) is 6.56. The maximum atomic E-state index is 13.8. The summed E-state index contributed by atoms with van der Waals surface area (Å²) in [5, 5.41) is 13.4. The van der Waals surface area contributed by atoms with E-state index in [4.69, 9.17) is 4.74 Å². The van der Waals surface area contributed by atoms with Crippen LogP contribution in [0.15, 0.2) is 53.4 Å². The highest BCUT2D eigenvalue weighted by molar-refractivity contribution is 7.22. The van der Waals surface area contributed by atoms with Gasteiger partial charge in [0, 0.05) is 22.1 Å². The number of ketones is 1. The van der Waals surface area contributed by atoms with Crippen LogP contribution in [0.25, 0.3) is 16.0 Å². The standard InChI is InChI=1S/C28H24F2N2O4S2/c1-5-36-19-9-8-14(11-15(19)28(2,3)4)24(33)22-23(20-7-6-10-37-20)32(26(35)25(22)34)27-31-18-12-16(29)17(30)13-21(18)38-27/h6-13,23,33H,5H2,1-4H3/b24-22+. The van der Waals surface area contributed by atoms with Gasteiger partial charge >= 0.3 is 5.91 Å². The van der Waals surface area contributed by atoms with E-state index in [1.54, 1.807) is 35.7 Å². The summed E-state index contributed by atoms with van der Waals surface area (Å²) in [4.78, 5) is 32.9.